The van der Waals surface area contributed by atoms with E-state index in [9.17, 15) is 0 Å². The molecule has 8 aromatic carbocycles. The molecule has 0 saturated heterocycles. The fourth-order valence-corrected chi connectivity index (χ4v) is 12.6. The average Bonchev–Trinajstić information content (AvgIpc) is 3.92. The Morgan fingerprint density at radius 3 is 1.18 bits per heavy atom. The molecule has 0 atom stereocenters. The fourth-order valence-electron chi connectivity index (χ4n) is 12.6. The van der Waals surface area contributed by atoms with E-state index >= 15 is 0 Å². The van der Waals surface area contributed by atoms with Crippen LogP contribution in [0.1, 0.15) is 99.9 Å². The minimum atomic E-state index is -0.201. The van der Waals surface area contributed by atoms with E-state index in [0.29, 0.717) is 17.6 Å². The van der Waals surface area contributed by atoms with Crippen LogP contribution in [-0.4, -0.2) is 15.0 Å². The summed E-state index contributed by atoms with van der Waals surface area (Å²) in [4.78, 5) is 19.0. The van der Waals surface area contributed by atoms with Gasteiger partial charge in [-0.15, -0.1) is 0 Å². The Hall–Kier alpha value is -7.43. The Morgan fingerprint density at radius 2 is 0.687 bits per heavy atom. The van der Waals surface area contributed by atoms with Crippen LogP contribution in [0, 0.1) is 0 Å². The minimum Gasteiger partial charge on any atom is -0.278 e. The number of aromatic nitrogens is 3. The summed E-state index contributed by atoms with van der Waals surface area (Å²) < 4.78 is 0. The third-order valence-electron chi connectivity index (χ3n) is 16.2. The highest BCUT2D eigenvalue weighted by Gasteiger charge is 2.41. The van der Waals surface area contributed by atoms with Gasteiger partial charge in [-0.1, -0.05) is 195 Å². The van der Waals surface area contributed by atoms with Gasteiger partial charge < -0.3 is 0 Å². The maximum atomic E-state index is 5.62. The summed E-state index contributed by atoms with van der Waals surface area (Å²) in [5.41, 5.74) is 23.9. The lowest BCUT2D eigenvalue weighted by Gasteiger charge is -2.28. The zero-order valence-corrected chi connectivity index (χ0v) is 39.5. The van der Waals surface area contributed by atoms with Gasteiger partial charge in [-0.05, 0) is 114 Å². The second-order valence-electron chi connectivity index (χ2n) is 21.3. The van der Waals surface area contributed by atoms with Crippen molar-refractivity contribution in [3.05, 3.63) is 214 Å². The SMILES string of the molecule is CC1(C)c2ccccc2-c2cc(-c3nc(-c4ccc5c(c4)-c4ccccc4C5(C)C)nc(N(c4ccc5c(c4)-c4ccccc4C5(C)C)c4cccc5c4-c4ccccc4C5(C)C)n3)ccc21. The van der Waals surface area contributed by atoms with Crippen molar-refractivity contribution >= 4 is 17.3 Å². The number of anilines is 3. The third-order valence-corrected chi connectivity index (χ3v) is 16.2. The summed E-state index contributed by atoms with van der Waals surface area (Å²) in [6, 6.07) is 62.8. The van der Waals surface area contributed by atoms with Crippen LogP contribution in [0.25, 0.3) is 67.3 Å². The topological polar surface area (TPSA) is 41.9 Å². The first kappa shape index (κ1) is 39.9. The van der Waals surface area contributed by atoms with Crippen molar-refractivity contribution in [2.24, 2.45) is 0 Å². The predicted octanol–water partition coefficient (Wildman–Crippen LogP) is 15.9. The van der Waals surface area contributed by atoms with Gasteiger partial charge >= 0.3 is 0 Å². The van der Waals surface area contributed by atoms with Crippen LogP contribution in [0.3, 0.4) is 0 Å². The smallest absolute Gasteiger partial charge is 0.238 e. The molecule has 4 aliphatic carbocycles. The van der Waals surface area contributed by atoms with Gasteiger partial charge in [-0.3, -0.25) is 4.90 Å². The van der Waals surface area contributed by atoms with Crippen molar-refractivity contribution in [2.45, 2.75) is 77.0 Å². The molecular formula is C63H52N4. The number of hydrogen-bond donors (Lipinski definition) is 0. The fraction of sp³-hybridized carbons (Fsp3) is 0.190. The Balaban J connectivity index is 1.09. The van der Waals surface area contributed by atoms with Crippen LogP contribution in [0.15, 0.2) is 170 Å². The first-order chi connectivity index (χ1) is 32.2. The molecule has 0 fully saturated rings. The number of nitrogens with zero attached hydrogens (tertiary/aromatic N) is 4. The third kappa shape index (κ3) is 5.44. The Kier molecular flexibility index (Phi) is 8.08. The van der Waals surface area contributed by atoms with Crippen LogP contribution in [0.2, 0.25) is 0 Å². The molecule has 0 spiro atoms. The van der Waals surface area contributed by atoms with Gasteiger partial charge in [0.2, 0.25) is 5.95 Å². The Labute approximate surface area is 394 Å². The molecule has 0 saturated carbocycles. The van der Waals surface area contributed by atoms with Gasteiger partial charge in [0.25, 0.3) is 0 Å². The lowest BCUT2D eigenvalue weighted by molar-refractivity contribution is 0.660. The molecule has 0 bridgehead atoms. The lowest BCUT2D eigenvalue weighted by Crippen LogP contribution is -2.18. The highest BCUT2D eigenvalue weighted by Crippen LogP contribution is 2.56. The van der Waals surface area contributed by atoms with Crippen LogP contribution in [-0.2, 0) is 21.7 Å². The van der Waals surface area contributed by atoms with Crippen molar-refractivity contribution in [3.63, 3.8) is 0 Å². The second-order valence-corrected chi connectivity index (χ2v) is 21.3. The van der Waals surface area contributed by atoms with E-state index in [4.69, 9.17) is 15.0 Å². The first-order valence-corrected chi connectivity index (χ1v) is 23.8. The van der Waals surface area contributed by atoms with Crippen LogP contribution < -0.4 is 4.90 Å². The molecule has 0 N–H and O–H groups in total. The number of hydrogen-bond acceptors (Lipinski definition) is 4. The molecule has 0 radical (unpaired) electrons. The molecule has 0 amide bonds. The molecule has 0 aliphatic heterocycles. The first-order valence-electron chi connectivity index (χ1n) is 23.8. The average molecular weight is 865 g/mol. The minimum absolute atomic E-state index is 0.121. The Bertz CT molecular complexity index is 3480. The standard InChI is InChI=1S/C63H52N4/c1-60(2)47-22-13-9-18-40(47)44-34-37(28-31-51(44)60)57-64-58(38-29-32-52-45(35-38)41-19-10-14-23-48(41)61(52,3)4)66-59(65-57)67(39-30-33-53-46(36-39)42-20-11-15-24-49(42)62(53,5)6)55-27-17-26-54-56(55)43-21-12-16-25-50(43)63(54,7)8/h9-36H,1-8H3. The van der Waals surface area contributed by atoms with Crippen molar-refractivity contribution in [1.82, 2.24) is 15.0 Å². The summed E-state index contributed by atoms with van der Waals surface area (Å²) >= 11 is 0. The van der Waals surface area contributed by atoms with Gasteiger partial charge in [0.05, 0.1) is 5.69 Å². The monoisotopic (exact) mass is 864 g/mol. The van der Waals surface area contributed by atoms with E-state index in [-0.39, 0.29) is 21.7 Å². The van der Waals surface area contributed by atoms with E-state index in [0.717, 1.165) is 22.5 Å². The van der Waals surface area contributed by atoms with Gasteiger partial charge in [0.1, 0.15) is 0 Å². The van der Waals surface area contributed by atoms with Crippen molar-refractivity contribution in [2.75, 3.05) is 4.90 Å². The molecule has 324 valence electrons. The van der Waals surface area contributed by atoms with Crippen molar-refractivity contribution in [1.29, 1.82) is 0 Å². The number of fused-ring (bicyclic) bond motifs is 12. The van der Waals surface area contributed by atoms with Crippen LogP contribution >= 0.6 is 0 Å². The van der Waals surface area contributed by atoms with Gasteiger partial charge in [0, 0.05) is 44.0 Å². The molecule has 9 aromatic rings. The van der Waals surface area contributed by atoms with Crippen LogP contribution in [0.4, 0.5) is 17.3 Å². The molecule has 1 aromatic heterocycles. The second kappa shape index (κ2) is 13.6. The highest BCUT2D eigenvalue weighted by molar-refractivity contribution is 5.96. The molecule has 4 nitrogen and oxygen atoms in total. The normalized spacial score (nSPS) is 16.2. The predicted molar refractivity (Wildman–Crippen MR) is 276 cm³/mol. The maximum Gasteiger partial charge on any atom is 0.238 e. The van der Waals surface area contributed by atoms with Crippen molar-refractivity contribution < 1.29 is 0 Å². The molecule has 13 rings (SSSR count). The molecule has 4 aliphatic rings. The Morgan fingerprint density at radius 1 is 0.313 bits per heavy atom. The van der Waals surface area contributed by atoms with E-state index in [1.807, 2.05) is 0 Å². The zero-order chi connectivity index (χ0) is 45.8. The van der Waals surface area contributed by atoms with Gasteiger partial charge in [-0.25, -0.2) is 4.98 Å². The molecule has 4 heteroatoms. The summed E-state index contributed by atoms with van der Waals surface area (Å²) in [5.74, 6) is 1.85. The van der Waals surface area contributed by atoms with Crippen molar-refractivity contribution in [3.8, 4) is 67.3 Å². The number of rotatable bonds is 5. The maximum absolute atomic E-state index is 5.62. The summed E-state index contributed by atoms with van der Waals surface area (Å²) in [6.45, 7) is 18.7. The lowest BCUT2D eigenvalue weighted by atomic mass is 9.82. The van der Waals surface area contributed by atoms with E-state index in [1.165, 1.54) is 89.0 Å². The summed E-state index contributed by atoms with van der Waals surface area (Å²) in [6.07, 6.45) is 0. The summed E-state index contributed by atoms with van der Waals surface area (Å²) in [5, 5.41) is 0. The van der Waals surface area contributed by atoms with E-state index in [2.05, 4.69) is 230 Å². The largest absolute Gasteiger partial charge is 0.278 e. The molecule has 1 heterocycles. The van der Waals surface area contributed by atoms with Gasteiger partial charge in [-0.2, -0.15) is 9.97 Å². The quantitative estimate of drug-likeness (QED) is 0.173. The molecule has 67 heavy (non-hydrogen) atoms. The van der Waals surface area contributed by atoms with E-state index < -0.39 is 0 Å². The zero-order valence-electron chi connectivity index (χ0n) is 39.5. The van der Waals surface area contributed by atoms with Crippen LogP contribution in [0.5, 0.6) is 0 Å². The summed E-state index contributed by atoms with van der Waals surface area (Å²) in [7, 11) is 0. The van der Waals surface area contributed by atoms with Gasteiger partial charge in [0.15, 0.2) is 11.6 Å². The number of benzene rings is 8. The molecule has 0 unspecified atom stereocenters. The highest BCUT2D eigenvalue weighted by atomic mass is 15.3. The molecular weight excluding hydrogens is 813 g/mol. The van der Waals surface area contributed by atoms with E-state index in [1.54, 1.807) is 0 Å².